The van der Waals surface area contributed by atoms with Gasteiger partial charge in [-0.3, -0.25) is 4.79 Å². The van der Waals surface area contributed by atoms with Crippen LogP contribution in [0.15, 0.2) is 30.3 Å². The summed E-state index contributed by atoms with van der Waals surface area (Å²) < 4.78 is 37.4. The topological polar surface area (TPSA) is 61.5 Å². The molecular weight excluding hydrogens is 280 g/mol. The molecule has 0 bridgehead atoms. The molecule has 2 rings (SSSR count). The summed E-state index contributed by atoms with van der Waals surface area (Å²) in [7, 11) is 2.72. The minimum atomic E-state index is -0.783. The van der Waals surface area contributed by atoms with E-state index >= 15 is 0 Å². The first-order valence-corrected chi connectivity index (χ1v) is 5.99. The van der Waals surface area contributed by atoms with Crippen LogP contribution in [0, 0.1) is 11.6 Å². The van der Waals surface area contributed by atoms with E-state index in [-0.39, 0.29) is 28.3 Å². The molecule has 0 aromatic heterocycles. The molecule has 0 amide bonds. The van der Waals surface area contributed by atoms with E-state index in [1.165, 1.54) is 32.4 Å². The fourth-order valence-corrected chi connectivity index (χ4v) is 1.85. The van der Waals surface area contributed by atoms with Gasteiger partial charge in [-0.05, 0) is 24.3 Å². The summed E-state index contributed by atoms with van der Waals surface area (Å²) in [5.41, 5.74) is 5.01. The second kappa shape index (κ2) is 5.78. The molecule has 0 heterocycles. The Bertz CT molecular complexity index is 702. The van der Waals surface area contributed by atoms with Crippen molar-refractivity contribution in [3.63, 3.8) is 0 Å². The van der Waals surface area contributed by atoms with Crippen molar-refractivity contribution < 1.29 is 23.0 Å². The fourth-order valence-electron chi connectivity index (χ4n) is 1.85. The maximum Gasteiger partial charge on any atom is 0.196 e. The zero-order valence-electron chi connectivity index (χ0n) is 11.4. The van der Waals surface area contributed by atoms with E-state index in [2.05, 4.69) is 0 Å². The Morgan fingerprint density at radius 3 is 2.19 bits per heavy atom. The van der Waals surface area contributed by atoms with Crippen LogP contribution in [-0.4, -0.2) is 20.0 Å². The summed E-state index contributed by atoms with van der Waals surface area (Å²) in [6.45, 7) is 0. The maximum atomic E-state index is 14.0. The zero-order chi connectivity index (χ0) is 15.6. The Balaban J connectivity index is 2.50. The number of carbonyl (C=O) groups excluding carboxylic acids is 1. The van der Waals surface area contributed by atoms with Gasteiger partial charge in [0.15, 0.2) is 17.3 Å². The van der Waals surface area contributed by atoms with E-state index < -0.39 is 17.4 Å². The number of ketones is 1. The number of hydrogen-bond donors (Lipinski definition) is 1. The number of halogens is 2. The van der Waals surface area contributed by atoms with Crippen molar-refractivity contribution in [1.29, 1.82) is 0 Å². The number of rotatable bonds is 4. The molecule has 0 radical (unpaired) electrons. The Morgan fingerprint density at radius 1 is 1.00 bits per heavy atom. The molecule has 6 heteroatoms. The maximum absolute atomic E-state index is 14.0. The van der Waals surface area contributed by atoms with Crippen molar-refractivity contribution in [3.8, 4) is 11.5 Å². The van der Waals surface area contributed by atoms with E-state index in [4.69, 9.17) is 15.2 Å². The van der Waals surface area contributed by atoms with Gasteiger partial charge in [0.05, 0.1) is 25.5 Å². The largest absolute Gasteiger partial charge is 0.493 e. The number of nitrogens with two attached hydrogens (primary N) is 1. The lowest BCUT2D eigenvalue weighted by molar-refractivity contribution is 0.103. The van der Waals surface area contributed by atoms with Gasteiger partial charge >= 0.3 is 0 Å². The van der Waals surface area contributed by atoms with E-state index in [0.29, 0.717) is 0 Å². The number of benzene rings is 2. The molecule has 21 heavy (non-hydrogen) atoms. The third-order valence-electron chi connectivity index (χ3n) is 2.98. The summed E-state index contributed by atoms with van der Waals surface area (Å²) >= 11 is 0. The molecule has 2 aromatic rings. The van der Waals surface area contributed by atoms with Crippen molar-refractivity contribution in [2.24, 2.45) is 0 Å². The summed E-state index contributed by atoms with van der Waals surface area (Å²) in [6, 6.07) is 5.80. The first-order valence-electron chi connectivity index (χ1n) is 5.99. The molecule has 0 spiro atoms. The molecule has 0 unspecified atom stereocenters. The summed E-state index contributed by atoms with van der Waals surface area (Å²) in [6.07, 6.45) is 0. The van der Waals surface area contributed by atoms with Gasteiger partial charge < -0.3 is 15.2 Å². The minimum Gasteiger partial charge on any atom is -0.493 e. The lowest BCUT2D eigenvalue weighted by Crippen LogP contribution is -2.07. The molecule has 110 valence electrons. The van der Waals surface area contributed by atoms with Crippen molar-refractivity contribution in [2.75, 3.05) is 20.0 Å². The Labute approximate surface area is 120 Å². The van der Waals surface area contributed by atoms with Crippen LogP contribution in [0.25, 0.3) is 0 Å². The lowest BCUT2D eigenvalue weighted by Gasteiger charge is -2.10. The van der Waals surface area contributed by atoms with Crippen LogP contribution >= 0.6 is 0 Å². The van der Waals surface area contributed by atoms with Crippen molar-refractivity contribution in [2.45, 2.75) is 0 Å². The predicted octanol–water partition coefficient (Wildman–Crippen LogP) is 2.80. The molecule has 0 atom stereocenters. The second-order valence-electron chi connectivity index (χ2n) is 4.25. The predicted molar refractivity (Wildman–Crippen MR) is 73.7 cm³/mol. The van der Waals surface area contributed by atoms with Gasteiger partial charge in [-0.15, -0.1) is 0 Å². The number of ether oxygens (including phenoxy) is 2. The number of nitrogen functional groups attached to an aromatic ring is 1. The summed E-state index contributed by atoms with van der Waals surface area (Å²) in [4.78, 5) is 12.3. The molecule has 2 aromatic carbocycles. The van der Waals surface area contributed by atoms with Crippen LogP contribution in [0.1, 0.15) is 15.9 Å². The van der Waals surface area contributed by atoms with Crippen LogP contribution in [-0.2, 0) is 0 Å². The van der Waals surface area contributed by atoms with E-state index in [0.717, 1.165) is 12.1 Å². The number of carbonyl (C=O) groups is 1. The third-order valence-corrected chi connectivity index (χ3v) is 2.98. The average Bonchev–Trinajstić information content (AvgIpc) is 2.49. The lowest BCUT2D eigenvalue weighted by atomic mass is 10.0. The standard InChI is InChI=1S/C15H13F2NO3/c1-20-13-6-9(10(16)7-14(13)21-2)15(19)8-3-4-12(18)11(17)5-8/h3-7H,18H2,1-2H3. The molecule has 4 nitrogen and oxygen atoms in total. The van der Waals surface area contributed by atoms with Crippen LogP contribution in [0.5, 0.6) is 11.5 Å². The normalized spacial score (nSPS) is 10.3. The highest BCUT2D eigenvalue weighted by atomic mass is 19.1. The van der Waals surface area contributed by atoms with Gasteiger partial charge in [0.2, 0.25) is 0 Å². The second-order valence-corrected chi connectivity index (χ2v) is 4.25. The monoisotopic (exact) mass is 293 g/mol. The van der Waals surface area contributed by atoms with Gasteiger partial charge in [-0.25, -0.2) is 8.78 Å². The molecular formula is C15H13F2NO3. The Morgan fingerprint density at radius 2 is 1.62 bits per heavy atom. The highest BCUT2D eigenvalue weighted by Crippen LogP contribution is 2.31. The average molecular weight is 293 g/mol. The van der Waals surface area contributed by atoms with Crippen LogP contribution < -0.4 is 15.2 Å². The quantitative estimate of drug-likeness (QED) is 0.695. The minimum absolute atomic E-state index is 0.00665. The zero-order valence-corrected chi connectivity index (χ0v) is 11.4. The molecule has 0 saturated carbocycles. The van der Waals surface area contributed by atoms with Gasteiger partial charge in [-0.2, -0.15) is 0 Å². The van der Waals surface area contributed by atoms with Gasteiger partial charge in [-0.1, -0.05) is 0 Å². The Kier molecular flexibility index (Phi) is 4.07. The summed E-state index contributed by atoms with van der Waals surface area (Å²) in [5, 5.41) is 0. The SMILES string of the molecule is COc1cc(F)c(C(=O)c2ccc(N)c(F)c2)cc1OC. The van der Waals surface area contributed by atoms with Gasteiger partial charge in [0.1, 0.15) is 11.6 Å². The molecule has 0 fully saturated rings. The first-order chi connectivity index (χ1) is 9.97. The van der Waals surface area contributed by atoms with E-state index in [9.17, 15) is 13.6 Å². The molecule has 0 aliphatic carbocycles. The highest BCUT2D eigenvalue weighted by Gasteiger charge is 2.19. The summed E-state index contributed by atoms with van der Waals surface area (Å²) in [5.74, 6) is -1.82. The van der Waals surface area contributed by atoms with Crippen LogP contribution in [0.2, 0.25) is 0 Å². The van der Waals surface area contributed by atoms with Crippen LogP contribution in [0.3, 0.4) is 0 Å². The van der Waals surface area contributed by atoms with Gasteiger partial charge in [0, 0.05) is 11.6 Å². The first kappa shape index (κ1) is 14.8. The smallest absolute Gasteiger partial charge is 0.196 e. The molecule has 0 saturated heterocycles. The number of methoxy groups -OCH3 is 2. The number of anilines is 1. The molecule has 2 N–H and O–H groups in total. The highest BCUT2D eigenvalue weighted by molar-refractivity contribution is 6.09. The van der Waals surface area contributed by atoms with Crippen molar-refractivity contribution in [3.05, 3.63) is 53.1 Å². The Hall–Kier alpha value is -2.63. The molecule has 0 aliphatic rings. The number of hydrogen-bond acceptors (Lipinski definition) is 4. The van der Waals surface area contributed by atoms with Crippen molar-refractivity contribution in [1.82, 2.24) is 0 Å². The van der Waals surface area contributed by atoms with E-state index in [1.807, 2.05) is 0 Å². The van der Waals surface area contributed by atoms with Crippen LogP contribution in [0.4, 0.5) is 14.5 Å². The molecule has 0 aliphatic heterocycles. The van der Waals surface area contributed by atoms with E-state index in [1.54, 1.807) is 0 Å². The third kappa shape index (κ3) is 2.79. The fraction of sp³-hybridized carbons (Fsp3) is 0.133. The van der Waals surface area contributed by atoms with Gasteiger partial charge in [0.25, 0.3) is 0 Å². The van der Waals surface area contributed by atoms with Crippen molar-refractivity contribution >= 4 is 11.5 Å².